The first-order chi connectivity index (χ1) is 15.7. The zero-order chi connectivity index (χ0) is 23.4. The van der Waals surface area contributed by atoms with Crippen molar-refractivity contribution >= 4 is 11.5 Å². The number of nitrogens with zero attached hydrogens (tertiary/aromatic N) is 1. The van der Waals surface area contributed by atoms with Crippen LogP contribution in [-0.2, 0) is 17.4 Å². The molecule has 33 heavy (non-hydrogen) atoms. The summed E-state index contributed by atoms with van der Waals surface area (Å²) in [5.41, 5.74) is 3.27. The first-order valence-corrected chi connectivity index (χ1v) is 11.4. The molecular formula is C26H26F3NO3. The van der Waals surface area contributed by atoms with Gasteiger partial charge in [0, 0.05) is 12.4 Å². The van der Waals surface area contributed by atoms with Gasteiger partial charge in [0.15, 0.2) is 6.61 Å². The molecule has 4 nitrogen and oxygen atoms in total. The van der Waals surface area contributed by atoms with E-state index < -0.39 is 17.7 Å². The van der Waals surface area contributed by atoms with Gasteiger partial charge < -0.3 is 9.84 Å². The van der Waals surface area contributed by atoms with E-state index in [1.807, 2.05) is 12.1 Å². The van der Waals surface area contributed by atoms with E-state index in [1.54, 1.807) is 6.20 Å². The van der Waals surface area contributed by atoms with Gasteiger partial charge in [-0.05, 0) is 95.7 Å². The smallest absolute Gasteiger partial charge is 0.417 e. The summed E-state index contributed by atoms with van der Waals surface area (Å²) >= 11 is 0. The minimum atomic E-state index is -4.40. The number of aromatic nitrogens is 1. The number of pyridine rings is 1. The predicted octanol–water partition coefficient (Wildman–Crippen LogP) is 6.11. The molecule has 1 saturated carbocycles. The van der Waals surface area contributed by atoms with Crippen LogP contribution in [0.4, 0.5) is 13.2 Å². The van der Waals surface area contributed by atoms with Crippen molar-refractivity contribution in [1.29, 1.82) is 0 Å². The summed E-state index contributed by atoms with van der Waals surface area (Å²) in [6.07, 6.45) is 4.87. The molecule has 3 aliphatic rings. The minimum absolute atomic E-state index is 0.158. The Morgan fingerprint density at radius 3 is 2.82 bits per heavy atom. The minimum Gasteiger partial charge on any atom is -0.482 e. The predicted molar refractivity (Wildman–Crippen MR) is 117 cm³/mol. The van der Waals surface area contributed by atoms with E-state index >= 15 is 0 Å². The fraction of sp³-hybridized carbons (Fsp3) is 0.462. The lowest BCUT2D eigenvalue weighted by Crippen LogP contribution is -2.40. The molecule has 0 amide bonds. The molecule has 0 aliphatic heterocycles. The highest BCUT2D eigenvalue weighted by Crippen LogP contribution is 2.63. The van der Waals surface area contributed by atoms with E-state index in [1.165, 1.54) is 17.2 Å². The molecular weight excluding hydrogens is 431 g/mol. The SMILES string of the molecule is CC12CCC3c4ccc(OCC(=O)O)cc4CCC3C1CC=C2c1cncc(C(F)(F)F)c1. The number of rotatable bonds is 4. The van der Waals surface area contributed by atoms with Crippen LogP contribution in [-0.4, -0.2) is 22.7 Å². The fourth-order valence-electron chi connectivity index (χ4n) is 6.55. The molecule has 3 aliphatic carbocycles. The summed E-state index contributed by atoms with van der Waals surface area (Å²) in [6, 6.07) is 7.14. The standard InChI is InChI=1S/C26H26F3NO3/c1-25-9-8-20-19-5-3-18(33-14-24(31)32)11-15(19)2-4-21(20)23(25)7-6-22(25)16-10-17(13-30-12-16)26(27,28)29/h3,5-6,10-13,20-21,23H,2,4,7-9,14H2,1H3,(H,31,32). The molecule has 1 fully saturated rings. The second-order valence-corrected chi connectivity index (χ2v) is 9.73. The number of fused-ring (bicyclic) bond motifs is 5. The van der Waals surface area contributed by atoms with Crippen molar-refractivity contribution in [3.05, 3.63) is 65.0 Å². The van der Waals surface area contributed by atoms with Gasteiger partial charge in [-0.3, -0.25) is 4.98 Å². The monoisotopic (exact) mass is 457 g/mol. The van der Waals surface area contributed by atoms with Gasteiger partial charge in [-0.25, -0.2) is 4.79 Å². The number of hydrogen-bond acceptors (Lipinski definition) is 3. The molecule has 0 spiro atoms. The number of aryl methyl sites for hydroxylation is 1. The summed E-state index contributed by atoms with van der Waals surface area (Å²) in [6.45, 7) is 1.86. The van der Waals surface area contributed by atoms with Crippen LogP contribution in [0.15, 0.2) is 42.7 Å². The van der Waals surface area contributed by atoms with E-state index in [2.05, 4.69) is 24.1 Å². The summed E-state index contributed by atoms with van der Waals surface area (Å²) in [4.78, 5) is 14.7. The number of benzene rings is 1. The third-order valence-corrected chi connectivity index (χ3v) is 8.02. The Hall–Kier alpha value is -2.83. The van der Waals surface area contributed by atoms with Crippen LogP contribution < -0.4 is 4.74 Å². The summed E-state index contributed by atoms with van der Waals surface area (Å²) in [7, 11) is 0. The zero-order valence-electron chi connectivity index (χ0n) is 18.4. The Morgan fingerprint density at radius 2 is 2.06 bits per heavy atom. The van der Waals surface area contributed by atoms with Crippen LogP contribution >= 0.6 is 0 Å². The maximum absolute atomic E-state index is 13.3. The molecule has 0 radical (unpaired) electrons. The van der Waals surface area contributed by atoms with E-state index in [0.717, 1.165) is 43.9 Å². The maximum atomic E-state index is 13.3. The first kappa shape index (κ1) is 22.0. The normalized spacial score (nSPS) is 28.4. The molecule has 5 rings (SSSR count). The highest BCUT2D eigenvalue weighted by Gasteiger charge is 2.52. The number of aliphatic carboxylic acids is 1. The van der Waals surface area contributed by atoms with E-state index in [4.69, 9.17) is 9.84 Å². The molecule has 1 N–H and O–H groups in total. The van der Waals surface area contributed by atoms with Crippen molar-refractivity contribution in [2.45, 2.75) is 51.1 Å². The van der Waals surface area contributed by atoms with Crippen LogP contribution in [0.2, 0.25) is 0 Å². The second kappa shape index (κ2) is 7.89. The third kappa shape index (κ3) is 3.81. The van der Waals surface area contributed by atoms with Gasteiger partial charge in [-0.15, -0.1) is 0 Å². The average Bonchev–Trinajstić information content (AvgIpc) is 3.14. The van der Waals surface area contributed by atoms with Crippen LogP contribution in [0.5, 0.6) is 5.75 Å². The molecule has 0 bridgehead atoms. The Bertz CT molecular complexity index is 1130. The molecule has 1 aromatic heterocycles. The first-order valence-electron chi connectivity index (χ1n) is 11.4. The van der Waals surface area contributed by atoms with Gasteiger partial charge in [-0.1, -0.05) is 19.1 Å². The molecule has 7 heteroatoms. The number of halogens is 3. The van der Waals surface area contributed by atoms with Crippen LogP contribution in [0.1, 0.15) is 60.8 Å². The Balaban J connectivity index is 1.39. The number of hydrogen-bond donors (Lipinski definition) is 1. The van der Waals surface area contributed by atoms with Gasteiger partial charge in [0.05, 0.1) is 5.56 Å². The lowest BCUT2D eigenvalue weighted by Gasteiger charge is -2.50. The number of ether oxygens (including phenoxy) is 1. The molecule has 0 saturated heterocycles. The summed E-state index contributed by atoms with van der Waals surface area (Å²) in [5, 5.41) is 8.85. The fourth-order valence-corrected chi connectivity index (χ4v) is 6.55. The Labute approximate surface area is 190 Å². The largest absolute Gasteiger partial charge is 0.482 e. The summed E-state index contributed by atoms with van der Waals surface area (Å²) < 4.78 is 45.2. The van der Waals surface area contributed by atoms with Gasteiger partial charge in [-0.2, -0.15) is 13.2 Å². The number of carbonyl (C=O) groups is 1. The topological polar surface area (TPSA) is 59.4 Å². The third-order valence-electron chi connectivity index (χ3n) is 8.02. The number of carboxylic acid groups (broad SMARTS) is 1. The lowest BCUT2D eigenvalue weighted by atomic mass is 9.54. The van der Waals surface area contributed by atoms with E-state index in [-0.39, 0.29) is 12.0 Å². The number of alkyl halides is 3. The van der Waals surface area contributed by atoms with Gasteiger partial charge in [0.25, 0.3) is 0 Å². The van der Waals surface area contributed by atoms with Gasteiger partial charge in [0.1, 0.15) is 5.75 Å². The molecule has 174 valence electrons. The van der Waals surface area contributed by atoms with Crippen molar-refractivity contribution in [2.24, 2.45) is 17.3 Å². The number of carboxylic acids is 1. The van der Waals surface area contributed by atoms with Crippen molar-refractivity contribution in [2.75, 3.05) is 6.61 Å². The lowest BCUT2D eigenvalue weighted by molar-refractivity contribution is -0.139. The van der Waals surface area contributed by atoms with Gasteiger partial charge >= 0.3 is 12.1 Å². The second-order valence-electron chi connectivity index (χ2n) is 9.73. The Kier molecular flexibility index (Phi) is 5.26. The zero-order valence-corrected chi connectivity index (χ0v) is 18.4. The molecule has 2 aromatic rings. The highest BCUT2D eigenvalue weighted by molar-refractivity contribution is 5.73. The molecule has 1 aromatic carbocycles. The molecule has 1 heterocycles. The number of allylic oxidation sites excluding steroid dienone is 2. The molecule has 4 unspecified atom stereocenters. The van der Waals surface area contributed by atoms with Crippen LogP contribution in [0.25, 0.3) is 5.57 Å². The summed E-state index contributed by atoms with van der Waals surface area (Å²) in [5.74, 6) is 0.844. The van der Waals surface area contributed by atoms with Crippen molar-refractivity contribution in [1.82, 2.24) is 4.98 Å². The molecule has 4 atom stereocenters. The quantitative estimate of drug-likeness (QED) is 0.602. The van der Waals surface area contributed by atoms with Crippen LogP contribution in [0, 0.1) is 17.3 Å². The average molecular weight is 457 g/mol. The van der Waals surface area contributed by atoms with Crippen molar-refractivity contribution in [3.63, 3.8) is 0 Å². The maximum Gasteiger partial charge on any atom is 0.417 e. The highest BCUT2D eigenvalue weighted by atomic mass is 19.4. The van der Waals surface area contributed by atoms with E-state index in [0.29, 0.717) is 29.1 Å². The van der Waals surface area contributed by atoms with Crippen molar-refractivity contribution < 1.29 is 27.8 Å². The van der Waals surface area contributed by atoms with Gasteiger partial charge in [0.2, 0.25) is 0 Å². The van der Waals surface area contributed by atoms with Crippen LogP contribution in [0.3, 0.4) is 0 Å². The van der Waals surface area contributed by atoms with Crippen molar-refractivity contribution in [3.8, 4) is 5.75 Å². The van der Waals surface area contributed by atoms with E-state index in [9.17, 15) is 18.0 Å². The Morgan fingerprint density at radius 1 is 1.24 bits per heavy atom.